The molecule has 2 aromatic carbocycles. The van der Waals surface area contributed by atoms with E-state index in [4.69, 9.17) is 11.6 Å². The second-order valence-electron chi connectivity index (χ2n) is 4.90. The zero-order chi connectivity index (χ0) is 17.8. The van der Waals surface area contributed by atoms with Crippen molar-refractivity contribution < 1.29 is 14.3 Å². The number of hydrogen-bond acceptors (Lipinski definition) is 5. The number of hydrogen-bond donors (Lipinski definition) is 2. The third kappa shape index (κ3) is 3.81. The van der Waals surface area contributed by atoms with E-state index in [1.54, 1.807) is 6.08 Å². The van der Waals surface area contributed by atoms with Gasteiger partial charge in [-0.3, -0.25) is 0 Å². The Bertz CT molecular complexity index is 940. The first-order valence-corrected chi connectivity index (χ1v) is 7.42. The van der Waals surface area contributed by atoms with Gasteiger partial charge < -0.3 is 10.4 Å². The molecule has 0 radical (unpaired) electrons. The smallest absolute Gasteiger partial charge is 0.337 e. The van der Waals surface area contributed by atoms with Gasteiger partial charge >= 0.3 is 5.97 Å². The number of carboxylic acid groups (broad SMARTS) is 1. The van der Waals surface area contributed by atoms with Crippen molar-refractivity contribution >= 4 is 29.3 Å². The van der Waals surface area contributed by atoms with E-state index in [1.165, 1.54) is 53.3 Å². The van der Waals surface area contributed by atoms with Gasteiger partial charge in [-0.05, 0) is 52.9 Å². The molecule has 9 heteroatoms. The minimum absolute atomic E-state index is 0.0761. The Kier molecular flexibility index (Phi) is 4.71. The lowest BCUT2D eigenvalue weighted by molar-refractivity contribution is 0.0698. The summed E-state index contributed by atoms with van der Waals surface area (Å²) in [4.78, 5) is 11.2. The fourth-order valence-corrected chi connectivity index (χ4v) is 2.26. The summed E-state index contributed by atoms with van der Waals surface area (Å²) in [6.45, 7) is 0. The second kappa shape index (κ2) is 7.10. The lowest BCUT2D eigenvalue weighted by atomic mass is 10.2. The minimum Gasteiger partial charge on any atom is -0.478 e. The number of rotatable bonds is 5. The summed E-state index contributed by atoms with van der Waals surface area (Å²) in [5, 5.41) is 23.7. The van der Waals surface area contributed by atoms with Gasteiger partial charge in [0, 0.05) is 17.3 Å². The van der Waals surface area contributed by atoms with Crippen molar-refractivity contribution in [3.8, 4) is 5.69 Å². The van der Waals surface area contributed by atoms with Crippen LogP contribution in [-0.2, 0) is 0 Å². The first kappa shape index (κ1) is 16.6. The van der Waals surface area contributed by atoms with E-state index in [9.17, 15) is 14.3 Å². The normalized spacial score (nSPS) is 11.0. The molecule has 2 N–H and O–H groups in total. The lowest BCUT2D eigenvalue weighted by Crippen LogP contribution is -2.02. The average molecular weight is 360 g/mol. The van der Waals surface area contributed by atoms with E-state index in [2.05, 4.69) is 20.8 Å². The van der Waals surface area contributed by atoms with Gasteiger partial charge in [0.15, 0.2) is 5.82 Å². The van der Waals surface area contributed by atoms with Crippen LogP contribution in [0.4, 0.5) is 10.1 Å². The first-order chi connectivity index (χ1) is 12.0. The van der Waals surface area contributed by atoms with Crippen LogP contribution >= 0.6 is 11.6 Å². The number of benzene rings is 2. The van der Waals surface area contributed by atoms with Crippen LogP contribution in [0.15, 0.2) is 48.7 Å². The molecule has 0 saturated heterocycles. The Labute approximate surface area is 146 Å². The molecule has 0 atom stereocenters. The van der Waals surface area contributed by atoms with Crippen LogP contribution < -0.4 is 5.32 Å². The van der Waals surface area contributed by atoms with E-state index in [1.807, 2.05) is 0 Å². The standard InChI is InChI=1S/C16H11ClFN5O2/c17-10-1-6-13(16(24)25)14(9-10)19-8-7-15-20-21-22-23(15)12-4-2-11(18)3-5-12/h1-9,19H,(H,24,25)/b8-7+. The molecule has 126 valence electrons. The number of tetrazole rings is 1. The van der Waals surface area contributed by atoms with Crippen LogP contribution in [0.2, 0.25) is 5.02 Å². The number of anilines is 1. The van der Waals surface area contributed by atoms with Gasteiger partial charge in [0.1, 0.15) is 5.82 Å². The van der Waals surface area contributed by atoms with Crippen molar-refractivity contribution in [1.82, 2.24) is 20.2 Å². The SMILES string of the molecule is O=C(O)c1ccc(Cl)cc1N/C=C/c1nnnn1-c1ccc(F)cc1. The highest BCUT2D eigenvalue weighted by molar-refractivity contribution is 6.31. The number of aromatic nitrogens is 4. The summed E-state index contributed by atoms with van der Waals surface area (Å²) < 4.78 is 14.4. The molecular formula is C16H11ClFN5O2. The molecular weight excluding hydrogens is 349 g/mol. The van der Waals surface area contributed by atoms with Crippen molar-refractivity contribution in [2.45, 2.75) is 0 Å². The average Bonchev–Trinajstić information content (AvgIpc) is 3.04. The number of carbonyl (C=O) groups is 1. The Balaban J connectivity index is 1.83. The molecule has 7 nitrogen and oxygen atoms in total. The zero-order valence-corrected chi connectivity index (χ0v) is 13.4. The number of aromatic carboxylic acids is 1. The molecule has 3 aromatic rings. The highest BCUT2D eigenvalue weighted by Crippen LogP contribution is 2.21. The van der Waals surface area contributed by atoms with E-state index < -0.39 is 5.97 Å². The molecule has 0 fully saturated rings. The lowest BCUT2D eigenvalue weighted by Gasteiger charge is -2.06. The maximum absolute atomic E-state index is 13.0. The third-order valence-electron chi connectivity index (χ3n) is 3.25. The Morgan fingerprint density at radius 1 is 1.24 bits per heavy atom. The minimum atomic E-state index is -1.08. The van der Waals surface area contributed by atoms with Gasteiger partial charge in [-0.25, -0.2) is 9.18 Å². The van der Waals surface area contributed by atoms with Gasteiger partial charge in [-0.1, -0.05) is 11.6 Å². The molecule has 25 heavy (non-hydrogen) atoms. The van der Waals surface area contributed by atoms with E-state index in [-0.39, 0.29) is 11.4 Å². The van der Waals surface area contributed by atoms with Gasteiger partial charge in [0.25, 0.3) is 0 Å². The fourth-order valence-electron chi connectivity index (χ4n) is 2.09. The van der Waals surface area contributed by atoms with Crippen LogP contribution in [0.3, 0.4) is 0 Å². The molecule has 0 saturated carbocycles. The Morgan fingerprint density at radius 2 is 2.00 bits per heavy atom. The van der Waals surface area contributed by atoms with Gasteiger partial charge in [0.05, 0.1) is 16.9 Å². The van der Waals surface area contributed by atoms with Crippen LogP contribution in [0, 0.1) is 5.82 Å². The molecule has 0 aliphatic carbocycles. The first-order valence-electron chi connectivity index (χ1n) is 7.05. The number of carboxylic acids is 1. The van der Waals surface area contributed by atoms with Gasteiger partial charge in [-0.2, -0.15) is 4.68 Å². The van der Waals surface area contributed by atoms with Crippen LogP contribution in [0.25, 0.3) is 11.8 Å². The molecule has 3 rings (SSSR count). The second-order valence-corrected chi connectivity index (χ2v) is 5.33. The molecule has 0 bridgehead atoms. The van der Waals surface area contributed by atoms with Crippen LogP contribution in [0.1, 0.15) is 16.2 Å². The molecule has 0 spiro atoms. The van der Waals surface area contributed by atoms with Crippen molar-refractivity contribution in [3.05, 3.63) is 70.9 Å². The maximum Gasteiger partial charge on any atom is 0.337 e. The monoisotopic (exact) mass is 359 g/mol. The summed E-state index contributed by atoms with van der Waals surface area (Å²) in [5.74, 6) is -1.07. The summed E-state index contributed by atoms with van der Waals surface area (Å²) in [7, 11) is 0. The van der Waals surface area contributed by atoms with Crippen molar-refractivity contribution in [3.63, 3.8) is 0 Å². The highest BCUT2D eigenvalue weighted by Gasteiger charge is 2.10. The van der Waals surface area contributed by atoms with Crippen LogP contribution in [0.5, 0.6) is 0 Å². The zero-order valence-electron chi connectivity index (χ0n) is 12.6. The Hall–Kier alpha value is -3.26. The van der Waals surface area contributed by atoms with Crippen molar-refractivity contribution in [1.29, 1.82) is 0 Å². The molecule has 0 aliphatic rings. The van der Waals surface area contributed by atoms with Gasteiger partial charge in [0.2, 0.25) is 0 Å². The van der Waals surface area contributed by atoms with E-state index >= 15 is 0 Å². The van der Waals surface area contributed by atoms with Gasteiger partial charge in [-0.15, -0.1) is 5.10 Å². The van der Waals surface area contributed by atoms with E-state index in [0.29, 0.717) is 22.2 Å². The summed E-state index contributed by atoms with van der Waals surface area (Å²) in [5.41, 5.74) is 0.990. The molecule has 1 heterocycles. The van der Waals surface area contributed by atoms with Crippen molar-refractivity contribution in [2.75, 3.05) is 5.32 Å². The topological polar surface area (TPSA) is 92.9 Å². The molecule has 1 aromatic heterocycles. The number of nitrogens with one attached hydrogen (secondary N) is 1. The summed E-state index contributed by atoms with van der Waals surface area (Å²) in [6.07, 6.45) is 3.04. The molecule has 0 aliphatic heterocycles. The predicted molar refractivity (Wildman–Crippen MR) is 90.2 cm³/mol. The van der Waals surface area contributed by atoms with Crippen molar-refractivity contribution in [2.24, 2.45) is 0 Å². The van der Waals surface area contributed by atoms with Crippen LogP contribution in [-0.4, -0.2) is 31.3 Å². The molecule has 0 amide bonds. The third-order valence-corrected chi connectivity index (χ3v) is 3.48. The largest absolute Gasteiger partial charge is 0.478 e. The molecule has 0 unspecified atom stereocenters. The maximum atomic E-state index is 13.0. The summed E-state index contributed by atoms with van der Waals surface area (Å²) in [6, 6.07) is 10.1. The number of nitrogens with zero attached hydrogens (tertiary/aromatic N) is 4. The highest BCUT2D eigenvalue weighted by atomic mass is 35.5. The predicted octanol–water partition coefficient (Wildman–Crippen LogP) is 3.24. The Morgan fingerprint density at radius 3 is 2.72 bits per heavy atom. The fraction of sp³-hybridized carbons (Fsp3) is 0. The summed E-state index contributed by atoms with van der Waals surface area (Å²) >= 11 is 5.89. The number of halogens is 2. The van der Waals surface area contributed by atoms with E-state index in [0.717, 1.165) is 0 Å². The quantitative estimate of drug-likeness (QED) is 0.726.